The first kappa shape index (κ1) is 18.7. The Morgan fingerprint density at radius 3 is 2.73 bits per heavy atom. The molecule has 0 radical (unpaired) electrons. The lowest BCUT2D eigenvalue weighted by molar-refractivity contribution is -0.130. The average molecular weight is 423 g/mol. The minimum absolute atomic E-state index is 0.210. The summed E-state index contributed by atoms with van der Waals surface area (Å²) >= 11 is 5.82. The molecule has 9 heteroatoms. The maximum Gasteiger partial charge on any atom is 0.259 e. The molecule has 4 heterocycles. The van der Waals surface area contributed by atoms with Crippen molar-refractivity contribution in [2.24, 2.45) is 0 Å². The summed E-state index contributed by atoms with van der Waals surface area (Å²) in [6.07, 6.45) is 6.06. The maximum atomic E-state index is 12.3. The first-order chi connectivity index (χ1) is 14.7. The van der Waals surface area contributed by atoms with Crippen molar-refractivity contribution in [2.75, 3.05) is 13.1 Å². The number of aromatic nitrogens is 5. The summed E-state index contributed by atoms with van der Waals surface area (Å²) in [5, 5.41) is 4.48. The summed E-state index contributed by atoms with van der Waals surface area (Å²) in [6.45, 7) is 2.37. The zero-order valence-corrected chi connectivity index (χ0v) is 16.9. The Balaban J connectivity index is 1.33. The van der Waals surface area contributed by atoms with Crippen LogP contribution in [0.5, 0.6) is 0 Å². The predicted octanol–water partition coefficient (Wildman–Crippen LogP) is 3.81. The van der Waals surface area contributed by atoms with E-state index in [0.29, 0.717) is 35.4 Å². The normalized spacial score (nSPS) is 14.0. The van der Waals surface area contributed by atoms with E-state index in [9.17, 15) is 4.79 Å². The van der Waals surface area contributed by atoms with Crippen LogP contribution in [0.2, 0.25) is 5.15 Å². The number of likely N-dealkylation sites (tertiary alicyclic amines) is 1. The summed E-state index contributed by atoms with van der Waals surface area (Å²) in [4.78, 5) is 27.2. The Bertz CT molecular complexity index is 1190. The number of imidazole rings is 1. The van der Waals surface area contributed by atoms with Crippen LogP contribution in [0.25, 0.3) is 33.9 Å². The molecule has 0 bridgehead atoms. The summed E-state index contributed by atoms with van der Waals surface area (Å²) in [5.74, 6) is 1.06. The van der Waals surface area contributed by atoms with E-state index in [4.69, 9.17) is 16.1 Å². The van der Waals surface area contributed by atoms with Gasteiger partial charge in [-0.25, -0.2) is 9.97 Å². The summed E-state index contributed by atoms with van der Waals surface area (Å²) in [5.41, 5.74) is 3.29. The minimum Gasteiger partial charge on any atom is -0.343 e. The van der Waals surface area contributed by atoms with Crippen molar-refractivity contribution in [3.05, 3.63) is 48.0 Å². The Hall–Kier alpha value is -3.26. The second kappa shape index (κ2) is 7.87. The number of halogens is 1. The molecule has 0 aliphatic carbocycles. The SMILES string of the molecule is O=C(CCn1cnc2cc(-c3noc(-c4ccc(Cl)nc4)n3)ccc21)N1CCCC1. The number of hydrogen-bond acceptors (Lipinski definition) is 6. The van der Waals surface area contributed by atoms with Crippen LogP contribution in [0.4, 0.5) is 0 Å². The first-order valence-corrected chi connectivity index (χ1v) is 10.2. The van der Waals surface area contributed by atoms with Gasteiger partial charge in [-0.15, -0.1) is 0 Å². The molecule has 0 unspecified atom stereocenters. The van der Waals surface area contributed by atoms with E-state index in [2.05, 4.69) is 20.1 Å². The van der Waals surface area contributed by atoms with Crippen LogP contribution in [0.15, 0.2) is 47.4 Å². The highest BCUT2D eigenvalue weighted by Crippen LogP contribution is 2.25. The first-order valence-electron chi connectivity index (χ1n) is 9.86. The van der Waals surface area contributed by atoms with Gasteiger partial charge in [-0.3, -0.25) is 4.79 Å². The van der Waals surface area contributed by atoms with Gasteiger partial charge in [0.1, 0.15) is 5.15 Å². The van der Waals surface area contributed by atoms with Crippen molar-refractivity contribution < 1.29 is 9.32 Å². The summed E-state index contributed by atoms with van der Waals surface area (Å²) in [7, 11) is 0. The fourth-order valence-electron chi connectivity index (χ4n) is 3.68. The molecular weight excluding hydrogens is 404 g/mol. The van der Waals surface area contributed by atoms with Crippen LogP contribution in [0.1, 0.15) is 19.3 Å². The lowest BCUT2D eigenvalue weighted by Crippen LogP contribution is -2.28. The fourth-order valence-corrected chi connectivity index (χ4v) is 3.79. The van der Waals surface area contributed by atoms with Gasteiger partial charge in [-0.1, -0.05) is 16.8 Å². The van der Waals surface area contributed by atoms with E-state index >= 15 is 0 Å². The number of nitrogens with zero attached hydrogens (tertiary/aromatic N) is 6. The monoisotopic (exact) mass is 422 g/mol. The van der Waals surface area contributed by atoms with Gasteiger partial charge in [0.2, 0.25) is 11.7 Å². The van der Waals surface area contributed by atoms with E-state index in [-0.39, 0.29) is 5.91 Å². The molecule has 3 aromatic heterocycles. The highest BCUT2D eigenvalue weighted by molar-refractivity contribution is 6.29. The van der Waals surface area contributed by atoms with Gasteiger partial charge in [0.25, 0.3) is 5.89 Å². The molecule has 8 nitrogen and oxygen atoms in total. The zero-order valence-electron chi connectivity index (χ0n) is 16.2. The molecule has 1 aliphatic rings. The molecule has 5 rings (SSSR count). The Kier molecular flexibility index (Phi) is 4.92. The number of rotatable bonds is 5. The van der Waals surface area contributed by atoms with Gasteiger partial charge in [0, 0.05) is 37.8 Å². The van der Waals surface area contributed by atoms with Gasteiger partial charge >= 0.3 is 0 Å². The lowest BCUT2D eigenvalue weighted by Gasteiger charge is -2.15. The molecule has 1 aromatic carbocycles. The van der Waals surface area contributed by atoms with Crippen LogP contribution in [-0.4, -0.2) is 48.6 Å². The number of fused-ring (bicyclic) bond motifs is 1. The molecule has 1 aliphatic heterocycles. The maximum absolute atomic E-state index is 12.3. The molecule has 0 N–H and O–H groups in total. The number of benzene rings is 1. The largest absolute Gasteiger partial charge is 0.343 e. The zero-order chi connectivity index (χ0) is 20.5. The molecule has 0 atom stereocenters. The number of amides is 1. The molecule has 4 aromatic rings. The van der Waals surface area contributed by atoms with Gasteiger partial charge in [-0.05, 0) is 43.2 Å². The topological polar surface area (TPSA) is 89.9 Å². The lowest BCUT2D eigenvalue weighted by atomic mass is 10.2. The number of pyridine rings is 1. The van der Waals surface area contributed by atoms with Crippen LogP contribution in [0.3, 0.4) is 0 Å². The van der Waals surface area contributed by atoms with Crippen molar-refractivity contribution in [3.63, 3.8) is 0 Å². The second-order valence-electron chi connectivity index (χ2n) is 7.27. The van der Waals surface area contributed by atoms with Crippen LogP contribution in [0, 0.1) is 0 Å². The molecular formula is C21H19ClN6O2. The van der Waals surface area contributed by atoms with Gasteiger partial charge in [0.05, 0.1) is 22.9 Å². The van der Waals surface area contributed by atoms with E-state index in [1.165, 1.54) is 0 Å². The quantitative estimate of drug-likeness (QED) is 0.454. The van der Waals surface area contributed by atoms with E-state index in [0.717, 1.165) is 42.5 Å². The third-order valence-corrected chi connectivity index (χ3v) is 5.53. The van der Waals surface area contributed by atoms with Crippen LogP contribution >= 0.6 is 11.6 Å². The van der Waals surface area contributed by atoms with Crippen molar-refractivity contribution in [3.8, 4) is 22.8 Å². The van der Waals surface area contributed by atoms with Gasteiger partial charge in [-0.2, -0.15) is 4.98 Å². The van der Waals surface area contributed by atoms with Crippen LogP contribution in [-0.2, 0) is 11.3 Å². The average Bonchev–Trinajstić information content (AvgIpc) is 3.53. The number of aryl methyl sites for hydroxylation is 1. The van der Waals surface area contributed by atoms with Crippen molar-refractivity contribution >= 4 is 28.5 Å². The summed E-state index contributed by atoms with van der Waals surface area (Å²) < 4.78 is 7.37. The predicted molar refractivity (Wildman–Crippen MR) is 112 cm³/mol. The molecule has 30 heavy (non-hydrogen) atoms. The second-order valence-corrected chi connectivity index (χ2v) is 7.66. The standard InChI is InChI=1S/C21H19ClN6O2/c22-18-6-4-15(12-23-18)21-25-20(26-30-21)14-3-5-17-16(11-14)24-13-28(17)10-7-19(29)27-8-1-2-9-27/h3-6,11-13H,1-2,7-10H2. The Morgan fingerprint density at radius 1 is 1.10 bits per heavy atom. The van der Waals surface area contributed by atoms with Crippen molar-refractivity contribution in [1.82, 2.24) is 29.6 Å². The molecule has 0 saturated carbocycles. The molecule has 152 valence electrons. The number of carbonyl (C=O) groups is 1. The van der Waals surface area contributed by atoms with Crippen LogP contribution < -0.4 is 0 Å². The molecule has 1 amide bonds. The van der Waals surface area contributed by atoms with E-state index < -0.39 is 0 Å². The highest BCUT2D eigenvalue weighted by atomic mass is 35.5. The smallest absolute Gasteiger partial charge is 0.259 e. The Morgan fingerprint density at radius 2 is 1.93 bits per heavy atom. The third-order valence-electron chi connectivity index (χ3n) is 5.30. The number of carbonyl (C=O) groups excluding carboxylic acids is 1. The van der Waals surface area contributed by atoms with Gasteiger partial charge in [0.15, 0.2) is 0 Å². The Labute approximate surface area is 177 Å². The molecule has 0 spiro atoms. The molecule has 1 fully saturated rings. The van der Waals surface area contributed by atoms with Crippen molar-refractivity contribution in [2.45, 2.75) is 25.8 Å². The fraction of sp³-hybridized carbons (Fsp3) is 0.286. The minimum atomic E-state index is 0.210. The molecule has 1 saturated heterocycles. The van der Waals surface area contributed by atoms with E-state index in [1.807, 2.05) is 27.7 Å². The third kappa shape index (κ3) is 3.66. The summed E-state index contributed by atoms with van der Waals surface area (Å²) in [6, 6.07) is 9.27. The van der Waals surface area contributed by atoms with E-state index in [1.54, 1.807) is 24.7 Å². The number of hydrogen-bond donors (Lipinski definition) is 0. The highest BCUT2D eigenvalue weighted by Gasteiger charge is 2.18. The van der Waals surface area contributed by atoms with Gasteiger partial charge < -0.3 is 14.0 Å². The van der Waals surface area contributed by atoms with Crippen molar-refractivity contribution in [1.29, 1.82) is 0 Å².